The minimum absolute atomic E-state index is 0.794. The van der Waals surface area contributed by atoms with Crippen LogP contribution in [0.25, 0.3) is 0 Å². The summed E-state index contributed by atoms with van der Waals surface area (Å²) in [5.41, 5.74) is 7.66. The average molecular weight is 243 g/mol. The average Bonchev–Trinajstić information content (AvgIpc) is 3.00. The summed E-state index contributed by atoms with van der Waals surface area (Å²) < 4.78 is 0. The lowest BCUT2D eigenvalue weighted by molar-refractivity contribution is 1.02. The Labute approximate surface area is 104 Å². The topological polar surface area (TPSA) is 41.6 Å². The van der Waals surface area contributed by atoms with E-state index in [0.29, 0.717) is 0 Å². The normalized spacial score (nSPS) is 15.1. The van der Waals surface area contributed by atoms with Crippen LogP contribution in [-0.4, -0.2) is 18.9 Å². The molecule has 1 aliphatic heterocycles. The Hall–Kier alpha value is -1.81. The third kappa shape index (κ3) is 1.91. The van der Waals surface area contributed by atoms with Crippen LogP contribution in [0.1, 0.15) is 4.88 Å². The standard InChI is InChI=1S/C13H13N3S/c14-10-3-5-11(6-4-10)16-8-7-15-13(16)12-2-1-9-17-12/h1-6,9H,7-8,14H2. The summed E-state index contributed by atoms with van der Waals surface area (Å²) in [5.74, 6) is 1.07. The maximum atomic E-state index is 5.71. The second-order valence-corrected chi connectivity index (χ2v) is 4.87. The maximum Gasteiger partial charge on any atom is 0.145 e. The molecule has 2 heterocycles. The predicted octanol–water partition coefficient (Wildman–Crippen LogP) is 2.60. The maximum absolute atomic E-state index is 5.71. The van der Waals surface area contributed by atoms with Gasteiger partial charge in [-0.3, -0.25) is 4.99 Å². The van der Waals surface area contributed by atoms with Crippen molar-refractivity contribution in [2.75, 3.05) is 23.7 Å². The summed E-state index contributed by atoms with van der Waals surface area (Å²) in [5, 5.41) is 2.08. The molecule has 2 aromatic rings. The molecule has 0 unspecified atom stereocenters. The smallest absolute Gasteiger partial charge is 0.145 e. The molecule has 3 nitrogen and oxygen atoms in total. The highest BCUT2D eigenvalue weighted by Crippen LogP contribution is 2.23. The number of hydrogen-bond donors (Lipinski definition) is 1. The summed E-state index contributed by atoms with van der Waals surface area (Å²) in [6, 6.07) is 12.1. The lowest BCUT2D eigenvalue weighted by Gasteiger charge is -2.19. The molecule has 2 N–H and O–H groups in total. The Morgan fingerprint density at radius 2 is 2.00 bits per heavy atom. The largest absolute Gasteiger partial charge is 0.399 e. The molecule has 4 heteroatoms. The fourth-order valence-electron chi connectivity index (χ4n) is 1.97. The molecule has 1 aliphatic rings. The Kier molecular flexibility index (Phi) is 2.57. The first-order valence-electron chi connectivity index (χ1n) is 5.56. The van der Waals surface area contributed by atoms with E-state index in [1.807, 2.05) is 24.3 Å². The van der Waals surface area contributed by atoms with Crippen LogP contribution in [0.2, 0.25) is 0 Å². The van der Waals surface area contributed by atoms with Gasteiger partial charge in [0, 0.05) is 17.9 Å². The van der Waals surface area contributed by atoms with Crippen LogP contribution in [-0.2, 0) is 0 Å². The van der Waals surface area contributed by atoms with Gasteiger partial charge in [-0.1, -0.05) is 6.07 Å². The van der Waals surface area contributed by atoms with Crippen molar-refractivity contribution in [3.05, 3.63) is 46.7 Å². The van der Waals surface area contributed by atoms with E-state index in [2.05, 4.69) is 27.4 Å². The first-order valence-corrected chi connectivity index (χ1v) is 6.44. The molecule has 1 aromatic carbocycles. The number of nitrogen functional groups attached to an aromatic ring is 1. The molecule has 0 amide bonds. The lowest BCUT2D eigenvalue weighted by Crippen LogP contribution is -2.27. The third-order valence-corrected chi connectivity index (χ3v) is 3.65. The Bertz CT molecular complexity index is 528. The number of thiophene rings is 1. The molecule has 0 bridgehead atoms. The first-order chi connectivity index (χ1) is 8.34. The summed E-state index contributed by atoms with van der Waals surface area (Å²) in [6.45, 7) is 1.80. The van der Waals surface area contributed by atoms with Crippen molar-refractivity contribution in [3.8, 4) is 0 Å². The van der Waals surface area contributed by atoms with Gasteiger partial charge in [-0.15, -0.1) is 11.3 Å². The molecule has 0 spiro atoms. The number of anilines is 2. The summed E-state index contributed by atoms with van der Waals surface area (Å²) in [6.07, 6.45) is 0. The van der Waals surface area contributed by atoms with Crippen LogP contribution in [0.4, 0.5) is 11.4 Å². The molecule has 0 saturated heterocycles. The van der Waals surface area contributed by atoms with Gasteiger partial charge < -0.3 is 10.6 Å². The second kappa shape index (κ2) is 4.22. The monoisotopic (exact) mass is 243 g/mol. The van der Waals surface area contributed by atoms with E-state index in [-0.39, 0.29) is 0 Å². The number of nitrogens with two attached hydrogens (primary N) is 1. The van der Waals surface area contributed by atoms with E-state index in [1.165, 1.54) is 4.88 Å². The van der Waals surface area contributed by atoms with Crippen molar-refractivity contribution >= 4 is 28.5 Å². The number of rotatable bonds is 2. The molecule has 3 rings (SSSR count). The van der Waals surface area contributed by atoms with Crippen LogP contribution in [0.3, 0.4) is 0 Å². The molecule has 0 aliphatic carbocycles. The fourth-order valence-corrected chi connectivity index (χ4v) is 2.71. The van der Waals surface area contributed by atoms with Crippen molar-refractivity contribution in [2.24, 2.45) is 4.99 Å². The molecule has 0 fully saturated rings. The number of nitrogens with zero attached hydrogens (tertiary/aromatic N) is 2. The SMILES string of the molecule is Nc1ccc(N2CCN=C2c2cccs2)cc1. The van der Waals surface area contributed by atoms with Crippen LogP contribution in [0.15, 0.2) is 46.8 Å². The molecule has 0 atom stereocenters. The number of amidine groups is 1. The molecule has 86 valence electrons. The van der Waals surface area contributed by atoms with E-state index in [1.54, 1.807) is 11.3 Å². The van der Waals surface area contributed by atoms with Gasteiger partial charge >= 0.3 is 0 Å². The fraction of sp³-hybridized carbons (Fsp3) is 0.154. The summed E-state index contributed by atoms with van der Waals surface area (Å²) >= 11 is 1.72. The number of aliphatic imine (C=N–C) groups is 1. The van der Waals surface area contributed by atoms with E-state index < -0.39 is 0 Å². The van der Waals surface area contributed by atoms with Crippen molar-refractivity contribution in [2.45, 2.75) is 0 Å². The van der Waals surface area contributed by atoms with Crippen LogP contribution in [0.5, 0.6) is 0 Å². The zero-order valence-corrected chi connectivity index (χ0v) is 10.2. The van der Waals surface area contributed by atoms with Gasteiger partial charge in [0.2, 0.25) is 0 Å². The van der Waals surface area contributed by atoms with Crippen molar-refractivity contribution < 1.29 is 0 Å². The third-order valence-electron chi connectivity index (χ3n) is 2.79. The van der Waals surface area contributed by atoms with Gasteiger partial charge in [-0.2, -0.15) is 0 Å². The number of hydrogen-bond acceptors (Lipinski definition) is 4. The quantitative estimate of drug-likeness (QED) is 0.824. The van der Waals surface area contributed by atoms with Crippen LogP contribution >= 0.6 is 11.3 Å². The molecular formula is C13H13N3S. The van der Waals surface area contributed by atoms with Crippen molar-refractivity contribution in [3.63, 3.8) is 0 Å². The molecule has 0 saturated carbocycles. The predicted molar refractivity (Wildman–Crippen MR) is 73.9 cm³/mol. The lowest BCUT2D eigenvalue weighted by atomic mass is 10.2. The van der Waals surface area contributed by atoms with Gasteiger partial charge in [0.1, 0.15) is 5.84 Å². The van der Waals surface area contributed by atoms with E-state index >= 15 is 0 Å². The van der Waals surface area contributed by atoms with Crippen molar-refractivity contribution in [1.82, 2.24) is 0 Å². The van der Waals surface area contributed by atoms with Gasteiger partial charge in [-0.05, 0) is 35.7 Å². The highest BCUT2D eigenvalue weighted by atomic mass is 32.1. The Morgan fingerprint density at radius 1 is 1.18 bits per heavy atom. The highest BCUT2D eigenvalue weighted by Gasteiger charge is 2.20. The van der Waals surface area contributed by atoms with Gasteiger partial charge in [-0.25, -0.2) is 0 Å². The highest BCUT2D eigenvalue weighted by molar-refractivity contribution is 7.12. The van der Waals surface area contributed by atoms with Crippen LogP contribution in [0, 0.1) is 0 Å². The second-order valence-electron chi connectivity index (χ2n) is 3.93. The minimum atomic E-state index is 0.794. The molecule has 17 heavy (non-hydrogen) atoms. The molecular weight excluding hydrogens is 230 g/mol. The first kappa shape index (κ1) is 10.4. The zero-order chi connectivity index (χ0) is 11.7. The van der Waals surface area contributed by atoms with Gasteiger partial charge in [0.15, 0.2) is 0 Å². The van der Waals surface area contributed by atoms with Gasteiger partial charge in [0.05, 0.1) is 11.4 Å². The van der Waals surface area contributed by atoms with E-state index in [4.69, 9.17) is 5.73 Å². The minimum Gasteiger partial charge on any atom is -0.399 e. The van der Waals surface area contributed by atoms with E-state index in [0.717, 1.165) is 30.3 Å². The van der Waals surface area contributed by atoms with Gasteiger partial charge in [0.25, 0.3) is 0 Å². The van der Waals surface area contributed by atoms with E-state index in [9.17, 15) is 0 Å². The molecule has 1 aromatic heterocycles. The summed E-state index contributed by atoms with van der Waals surface area (Å²) in [4.78, 5) is 8.04. The Balaban J connectivity index is 1.94. The number of benzene rings is 1. The zero-order valence-electron chi connectivity index (χ0n) is 9.34. The Morgan fingerprint density at radius 3 is 2.71 bits per heavy atom. The van der Waals surface area contributed by atoms with Crippen LogP contribution < -0.4 is 10.6 Å². The van der Waals surface area contributed by atoms with Crippen molar-refractivity contribution in [1.29, 1.82) is 0 Å². The molecule has 0 radical (unpaired) electrons. The summed E-state index contributed by atoms with van der Waals surface area (Å²) in [7, 11) is 0.